The minimum absolute atomic E-state index is 0.180. The number of nitrogens with zero attached hydrogens (tertiary/aromatic N) is 1. The van der Waals surface area contributed by atoms with E-state index in [1.807, 2.05) is 20.8 Å². The molecule has 2 rings (SSSR count). The Bertz CT molecular complexity index is 749. The van der Waals surface area contributed by atoms with Gasteiger partial charge in [-0.1, -0.05) is 0 Å². The zero-order valence-electron chi connectivity index (χ0n) is 14.0. The standard InChI is InChI=1S/C18H21NO5/c1-18(2,3)24-16(20)5-4-10-23-12-6-7-15-14(11-12)13(17(21)22)8-9-19-15/h6-9,11H,4-5,10H2,1-3H3,(H,21,22). The van der Waals surface area contributed by atoms with E-state index in [2.05, 4.69) is 4.98 Å². The average molecular weight is 331 g/mol. The Morgan fingerprint density at radius 2 is 1.96 bits per heavy atom. The molecule has 0 radical (unpaired) electrons. The molecule has 0 spiro atoms. The van der Waals surface area contributed by atoms with Gasteiger partial charge in [-0.2, -0.15) is 0 Å². The van der Waals surface area contributed by atoms with E-state index in [4.69, 9.17) is 9.47 Å². The number of carboxylic acid groups (broad SMARTS) is 1. The number of carboxylic acids is 1. The van der Waals surface area contributed by atoms with Gasteiger partial charge in [-0.3, -0.25) is 9.78 Å². The maximum Gasteiger partial charge on any atom is 0.336 e. The largest absolute Gasteiger partial charge is 0.494 e. The molecule has 0 unspecified atom stereocenters. The molecule has 128 valence electrons. The second-order valence-corrected chi connectivity index (χ2v) is 6.38. The van der Waals surface area contributed by atoms with Crippen LogP contribution >= 0.6 is 0 Å². The maximum absolute atomic E-state index is 11.6. The molecular weight excluding hydrogens is 310 g/mol. The predicted octanol–water partition coefficient (Wildman–Crippen LogP) is 3.43. The second kappa shape index (κ2) is 7.29. The summed E-state index contributed by atoms with van der Waals surface area (Å²) in [4.78, 5) is 27.0. The third-order valence-corrected chi connectivity index (χ3v) is 3.16. The van der Waals surface area contributed by atoms with Crippen molar-refractivity contribution in [1.82, 2.24) is 4.98 Å². The van der Waals surface area contributed by atoms with Crippen LogP contribution in [0.1, 0.15) is 44.0 Å². The van der Waals surface area contributed by atoms with Gasteiger partial charge in [-0.05, 0) is 51.5 Å². The summed E-state index contributed by atoms with van der Waals surface area (Å²) in [6.07, 6.45) is 2.26. The molecule has 0 fully saturated rings. The van der Waals surface area contributed by atoms with Crippen LogP contribution in [-0.2, 0) is 9.53 Å². The Hall–Kier alpha value is -2.63. The molecule has 0 amide bonds. The molecule has 0 saturated carbocycles. The van der Waals surface area contributed by atoms with E-state index in [1.54, 1.807) is 18.2 Å². The van der Waals surface area contributed by atoms with Crippen LogP contribution in [0.4, 0.5) is 0 Å². The van der Waals surface area contributed by atoms with Crippen LogP contribution < -0.4 is 4.74 Å². The fourth-order valence-electron chi connectivity index (χ4n) is 2.20. The third-order valence-electron chi connectivity index (χ3n) is 3.16. The van der Waals surface area contributed by atoms with Crippen LogP contribution in [0, 0.1) is 0 Å². The molecule has 0 aliphatic rings. The summed E-state index contributed by atoms with van der Waals surface area (Å²) in [6, 6.07) is 6.55. The lowest BCUT2D eigenvalue weighted by molar-refractivity contribution is -0.155. The topological polar surface area (TPSA) is 85.7 Å². The van der Waals surface area contributed by atoms with Gasteiger partial charge in [0, 0.05) is 18.0 Å². The van der Waals surface area contributed by atoms with E-state index in [1.165, 1.54) is 12.3 Å². The van der Waals surface area contributed by atoms with Crippen molar-refractivity contribution < 1.29 is 24.2 Å². The van der Waals surface area contributed by atoms with Crippen LogP contribution in [0.15, 0.2) is 30.5 Å². The van der Waals surface area contributed by atoms with Crippen molar-refractivity contribution in [2.75, 3.05) is 6.61 Å². The minimum Gasteiger partial charge on any atom is -0.494 e. The highest BCUT2D eigenvalue weighted by atomic mass is 16.6. The lowest BCUT2D eigenvalue weighted by atomic mass is 10.1. The third kappa shape index (κ3) is 4.94. The number of aromatic nitrogens is 1. The number of ether oxygens (including phenoxy) is 2. The quantitative estimate of drug-likeness (QED) is 0.644. The van der Waals surface area contributed by atoms with Crippen molar-refractivity contribution in [3.8, 4) is 5.75 Å². The summed E-state index contributed by atoms with van der Waals surface area (Å²) < 4.78 is 10.8. The summed E-state index contributed by atoms with van der Waals surface area (Å²) in [5, 5.41) is 9.74. The number of hydrogen-bond donors (Lipinski definition) is 1. The zero-order chi connectivity index (χ0) is 17.7. The van der Waals surface area contributed by atoms with Gasteiger partial charge >= 0.3 is 11.9 Å². The number of rotatable bonds is 6. The van der Waals surface area contributed by atoms with Crippen LogP contribution in [0.3, 0.4) is 0 Å². The number of benzene rings is 1. The number of pyridine rings is 1. The monoisotopic (exact) mass is 331 g/mol. The second-order valence-electron chi connectivity index (χ2n) is 6.38. The van der Waals surface area contributed by atoms with E-state index < -0.39 is 11.6 Å². The van der Waals surface area contributed by atoms with Gasteiger partial charge in [0.2, 0.25) is 0 Å². The van der Waals surface area contributed by atoms with Gasteiger partial charge in [-0.15, -0.1) is 0 Å². The molecule has 1 aromatic carbocycles. The maximum atomic E-state index is 11.6. The molecule has 1 aromatic heterocycles. The Morgan fingerprint density at radius 1 is 1.21 bits per heavy atom. The Labute approximate surface area is 140 Å². The van der Waals surface area contributed by atoms with Crippen molar-refractivity contribution >= 4 is 22.8 Å². The van der Waals surface area contributed by atoms with Crippen molar-refractivity contribution in [3.05, 3.63) is 36.0 Å². The number of fused-ring (bicyclic) bond motifs is 1. The van der Waals surface area contributed by atoms with Gasteiger partial charge < -0.3 is 14.6 Å². The Kier molecular flexibility index (Phi) is 5.39. The summed E-state index contributed by atoms with van der Waals surface area (Å²) in [7, 11) is 0. The minimum atomic E-state index is -1.01. The average Bonchev–Trinajstić information content (AvgIpc) is 2.49. The van der Waals surface area contributed by atoms with E-state index in [9.17, 15) is 14.7 Å². The first-order chi connectivity index (χ1) is 11.3. The van der Waals surface area contributed by atoms with E-state index >= 15 is 0 Å². The molecule has 6 nitrogen and oxygen atoms in total. The number of carbonyl (C=O) groups excluding carboxylic acids is 1. The van der Waals surface area contributed by atoms with Crippen molar-refractivity contribution in [3.63, 3.8) is 0 Å². The van der Waals surface area contributed by atoms with Crippen LogP contribution in [0.25, 0.3) is 10.9 Å². The summed E-state index contributed by atoms with van der Waals surface area (Å²) in [6.45, 7) is 5.81. The molecule has 0 aliphatic carbocycles. The zero-order valence-corrected chi connectivity index (χ0v) is 14.0. The molecule has 6 heteroatoms. The first-order valence-corrected chi connectivity index (χ1v) is 7.73. The Balaban J connectivity index is 1.95. The van der Waals surface area contributed by atoms with E-state index in [0.717, 1.165) is 0 Å². The van der Waals surface area contributed by atoms with Crippen molar-refractivity contribution in [2.24, 2.45) is 0 Å². The first kappa shape index (κ1) is 17.7. The van der Waals surface area contributed by atoms with Gasteiger partial charge in [0.1, 0.15) is 11.4 Å². The van der Waals surface area contributed by atoms with Crippen LogP contribution in [-0.4, -0.2) is 34.2 Å². The summed E-state index contributed by atoms with van der Waals surface area (Å²) in [5.41, 5.74) is 0.284. The van der Waals surface area contributed by atoms with E-state index in [-0.39, 0.29) is 18.0 Å². The van der Waals surface area contributed by atoms with Gasteiger partial charge in [0.05, 0.1) is 17.7 Å². The highest BCUT2D eigenvalue weighted by Gasteiger charge is 2.15. The summed E-state index contributed by atoms with van der Waals surface area (Å²) in [5.74, 6) is -0.728. The number of hydrogen-bond acceptors (Lipinski definition) is 5. The lowest BCUT2D eigenvalue weighted by Crippen LogP contribution is -2.23. The molecule has 0 atom stereocenters. The fourth-order valence-corrected chi connectivity index (χ4v) is 2.20. The van der Waals surface area contributed by atoms with Gasteiger partial charge in [0.15, 0.2) is 0 Å². The van der Waals surface area contributed by atoms with Crippen LogP contribution in [0.2, 0.25) is 0 Å². The molecular formula is C18H21NO5. The van der Waals surface area contributed by atoms with Crippen molar-refractivity contribution in [2.45, 2.75) is 39.2 Å². The first-order valence-electron chi connectivity index (χ1n) is 7.73. The molecule has 2 aromatic rings. The lowest BCUT2D eigenvalue weighted by Gasteiger charge is -2.19. The highest BCUT2D eigenvalue weighted by Crippen LogP contribution is 2.23. The number of esters is 1. The van der Waals surface area contributed by atoms with Crippen molar-refractivity contribution in [1.29, 1.82) is 0 Å². The number of aromatic carboxylic acids is 1. The predicted molar refractivity (Wildman–Crippen MR) is 89.3 cm³/mol. The van der Waals surface area contributed by atoms with Crippen LogP contribution in [0.5, 0.6) is 5.75 Å². The SMILES string of the molecule is CC(C)(C)OC(=O)CCCOc1ccc2nccc(C(=O)O)c2c1. The normalized spacial score (nSPS) is 11.3. The molecule has 1 heterocycles. The molecule has 24 heavy (non-hydrogen) atoms. The number of carbonyl (C=O) groups is 2. The summed E-state index contributed by atoms with van der Waals surface area (Å²) >= 11 is 0. The van der Waals surface area contributed by atoms with Gasteiger partial charge in [0.25, 0.3) is 0 Å². The smallest absolute Gasteiger partial charge is 0.336 e. The molecule has 0 aliphatic heterocycles. The molecule has 0 saturated heterocycles. The van der Waals surface area contributed by atoms with E-state index in [0.29, 0.717) is 29.7 Å². The van der Waals surface area contributed by atoms with Gasteiger partial charge in [-0.25, -0.2) is 4.79 Å². The molecule has 0 bridgehead atoms. The fraction of sp³-hybridized carbons (Fsp3) is 0.389. The Morgan fingerprint density at radius 3 is 2.62 bits per heavy atom. The highest BCUT2D eigenvalue weighted by molar-refractivity contribution is 6.02. The molecule has 1 N–H and O–H groups in total.